The van der Waals surface area contributed by atoms with Gasteiger partial charge in [-0.3, -0.25) is 19.4 Å². The predicted molar refractivity (Wildman–Crippen MR) is 121 cm³/mol. The quantitative estimate of drug-likeness (QED) is 0.728. The molecule has 2 heterocycles. The molecule has 2 aromatic rings. The van der Waals surface area contributed by atoms with Crippen molar-refractivity contribution in [1.82, 2.24) is 10.3 Å². The van der Waals surface area contributed by atoms with Gasteiger partial charge in [-0.15, -0.1) is 0 Å². The fourth-order valence-corrected chi connectivity index (χ4v) is 4.30. The number of carbonyl (C=O) groups excluding carboxylic acids is 3. The molecule has 3 amide bonds. The number of anilines is 1. The molecule has 2 fully saturated rings. The first kappa shape index (κ1) is 21.6. The van der Waals surface area contributed by atoms with Crippen molar-refractivity contribution in [1.29, 1.82) is 0 Å². The molecule has 0 atom stereocenters. The summed E-state index contributed by atoms with van der Waals surface area (Å²) >= 11 is 0. The van der Waals surface area contributed by atoms with Crippen LogP contribution in [0.25, 0.3) is 0 Å². The minimum absolute atomic E-state index is 0.0870. The second-order valence-corrected chi connectivity index (χ2v) is 8.37. The smallest absolute Gasteiger partial charge is 0.252 e. The van der Waals surface area contributed by atoms with Gasteiger partial charge in [0, 0.05) is 42.2 Å². The third-order valence-corrected chi connectivity index (χ3v) is 6.02. The van der Waals surface area contributed by atoms with E-state index >= 15 is 0 Å². The van der Waals surface area contributed by atoms with E-state index in [9.17, 15) is 14.4 Å². The lowest BCUT2D eigenvalue weighted by atomic mass is 9.81. The Morgan fingerprint density at radius 1 is 1.06 bits per heavy atom. The molecule has 164 valence electrons. The van der Waals surface area contributed by atoms with Gasteiger partial charge in [-0.05, 0) is 43.5 Å². The summed E-state index contributed by atoms with van der Waals surface area (Å²) in [6.45, 7) is 0.678. The summed E-state index contributed by atoms with van der Waals surface area (Å²) in [5, 5.41) is 3.16. The minimum Gasteiger partial charge on any atom is -0.366 e. The lowest BCUT2D eigenvalue weighted by Gasteiger charge is -2.33. The van der Waals surface area contributed by atoms with Crippen LogP contribution in [-0.2, 0) is 4.79 Å². The number of hydrogen-bond donors (Lipinski definition) is 2. The lowest BCUT2D eigenvalue weighted by Crippen LogP contribution is -2.48. The van der Waals surface area contributed by atoms with E-state index in [-0.39, 0.29) is 11.8 Å². The molecule has 2 aliphatic rings. The van der Waals surface area contributed by atoms with Crippen LogP contribution in [0, 0.1) is 11.8 Å². The Morgan fingerprint density at radius 3 is 2.59 bits per heavy atom. The highest BCUT2D eigenvalue weighted by molar-refractivity contribution is 5.99. The molecule has 1 saturated carbocycles. The van der Waals surface area contributed by atoms with Gasteiger partial charge in [-0.25, -0.2) is 0 Å². The molecule has 32 heavy (non-hydrogen) atoms. The number of rotatable bonds is 4. The molecule has 0 radical (unpaired) electrons. The van der Waals surface area contributed by atoms with Crippen LogP contribution in [-0.4, -0.2) is 34.8 Å². The molecule has 0 unspecified atom stereocenters. The first-order valence-corrected chi connectivity index (χ1v) is 11.0. The fourth-order valence-electron chi connectivity index (χ4n) is 4.30. The van der Waals surface area contributed by atoms with Crippen LogP contribution in [0.4, 0.5) is 5.69 Å². The van der Waals surface area contributed by atoms with E-state index in [0.717, 1.165) is 44.2 Å². The van der Waals surface area contributed by atoms with E-state index in [1.54, 1.807) is 35.4 Å². The summed E-state index contributed by atoms with van der Waals surface area (Å²) in [6.07, 6.45) is 8.90. The van der Waals surface area contributed by atoms with Crippen LogP contribution in [0.5, 0.6) is 0 Å². The van der Waals surface area contributed by atoms with E-state index in [2.05, 4.69) is 22.1 Å². The van der Waals surface area contributed by atoms with Gasteiger partial charge in [0.1, 0.15) is 5.54 Å². The summed E-state index contributed by atoms with van der Waals surface area (Å²) in [5.74, 6) is 5.66. The predicted octanol–water partition coefficient (Wildman–Crippen LogP) is 2.79. The van der Waals surface area contributed by atoms with Crippen LogP contribution in [0.3, 0.4) is 0 Å². The van der Waals surface area contributed by atoms with Gasteiger partial charge in [0.2, 0.25) is 11.8 Å². The van der Waals surface area contributed by atoms with Crippen molar-refractivity contribution in [2.24, 2.45) is 5.73 Å². The molecule has 7 nitrogen and oxygen atoms in total. The summed E-state index contributed by atoms with van der Waals surface area (Å²) in [6, 6.07) is 8.79. The SMILES string of the molecule is NC(=O)c1cncc(C#CC2(NC(=O)c3cccc(N4CCCC4=O)c3)CCCCC2)c1. The van der Waals surface area contributed by atoms with Gasteiger partial charge >= 0.3 is 0 Å². The van der Waals surface area contributed by atoms with E-state index in [1.165, 1.54) is 6.20 Å². The van der Waals surface area contributed by atoms with Crippen LogP contribution in [0.2, 0.25) is 0 Å². The van der Waals surface area contributed by atoms with Crippen molar-refractivity contribution in [2.45, 2.75) is 50.5 Å². The second-order valence-electron chi connectivity index (χ2n) is 8.37. The summed E-state index contributed by atoms with van der Waals surface area (Å²) < 4.78 is 0. The Labute approximate surface area is 187 Å². The third kappa shape index (κ3) is 4.80. The zero-order chi connectivity index (χ0) is 22.6. The normalized spacial score (nSPS) is 17.4. The van der Waals surface area contributed by atoms with Gasteiger partial charge in [-0.2, -0.15) is 0 Å². The number of benzene rings is 1. The number of nitrogens with zero attached hydrogens (tertiary/aromatic N) is 2. The largest absolute Gasteiger partial charge is 0.366 e. The van der Waals surface area contributed by atoms with Gasteiger partial charge in [-0.1, -0.05) is 37.2 Å². The number of hydrogen-bond acceptors (Lipinski definition) is 4. The molecule has 1 aliphatic carbocycles. The lowest BCUT2D eigenvalue weighted by molar-refractivity contribution is -0.117. The van der Waals surface area contributed by atoms with Gasteiger partial charge in [0.25, 0.3) is 5.91 Å². The van der Waals surface area contributed by atoms with E-state index in [0.29, 0.717) is 29.7 Å². The molecule has 1 aromatic carbocycles. The monoisotopic (exact) mass is 430 g/mol. The fraction of sp³-hybridized carbons (Fsp3) is 0.360. The van der Waals surface area contributed by atoms with E-state index in [1.807, 2.05) is 6.07 Å². The third-order valence-electron chi connectivity index (χ3n) is 6.02. The van der Waals surface area contributed by atoms with Crippen molar-refractivity contribution in [3.05, 3.63) is 59.4 Å². The van der Waals surface area contributed by atoms with Crippen molar-refractivity contribution in [3.63, 3.8) is 0 Å². The van der Waals surface area contributed by atoms with Gasteiger partial charge in [0.05, 0.1) is 5.56 Å². The number of nitrogens with one attached hydrogen (secondary N) is 1. The van der Waals surface area contributed by atoms with Crippen LogP contribution in [0.1, 0.15) is 71.2 Å². The Balaban J connectivity index is 1.57. The van der Waals surface area contributed by atoms with Crippen molar-refractivity contribution >= 4 is 23.4 Å². The van der Waals surface area contributed by atoms with Crippen molar-refractivity contribution in [2.75, 3.05) is 11.4 Å². The van der Waals surface area contributed by atoms with Crippen LogP contribution in [0.15, 0.2) is 42.7 Å². The molecule has 4 rings (SSSR count). The number of carbonyl (C=O) groups is 3. The second kappa shape index (κ2) is 9.23. The average molecular weight is 431 g/mol. The Morgan fingerprint density at radius 2 is 1.88 bits per heavy atom. The number of pyridine rings is 1. The number of amides is 3. The standard InChI is InChI=1S/C25H26N4O3/c26-23(31)20-14-18(16-27-17-20)9-12-25(10-2-1-3-11-25)28-24(32)19-6-4-7-21(15-19)29-13-5-8-22(29)30/h4,6-7,14-17H,1-3,5,8,10-11,13H2,(H2,26,31)(H,28,32). The molecule has 1 saturated heterocycles. The highest BCUT2D eigenvalue weighted by Crippen LogP contribution is 2.29. The maximum atomic E-state index is 13.2. The Kier molecular flexibility index (Phi) is 6.22. The van der Waals surface area contributed by atoms with Crippen molar-refractivity contribution in [3.8, 4) is 11.8 Å². The minimum atomic E-state index is -0.655. The average Bonchev–Trinajstić information content (AvgIpc) is 3.24. The summed E-state index contributed by atoms with van der Waals surface area (Å²) in [7, 11) is 0. The van der Waals surface area contributed by atoms with Gasteiger partial charge in [0.15, 0.2) is 0 Å². The van der Waals surface area contributed by atoms with E-state index in [4.69, 9.17) is 5.73 Å². The van der Waals surface area contributed by atoms with Gasteiger partial charge < -0.3 is 16.0 Å². The summed E-state index contributed by atoms with van der Waals surface area (Å²) in [4.78, 5) is 42.4. The molecular formula is C25H26N4O3. The maximum Gasteiger partial charge on any atom is 0.252 e. The molecule has 1 aromatic heterocycles. The zero-order valence-electron chi connectivity index (χ0n) is 17.9. The first-order valence-electron chi connectivity index (χ1n) is 11.0. The number of aromatic nitrogens is 1. The Hall–Kier alpha value is -3.66. The molecular weight excluding hydrogens is 404 g/mol. The molecule has 0 bridgehead atoms. The van der Waals surface area contributed by atoms with Crippen LogP contribution >= 0.6 is 0 Å². The first-order chi connectivity index (χ1) is 15.5. The molecule has 3 N–H and O–H groups in total. The topological polar surface area (TPSA) is 105 Å². The maximum absolute atomic E-state index is 13.2. The van der Waals surface area contributed by atoms with E-state index < -0.39 is 11.4 Å². The van der Waals surface area contributed by atoms with Crippen LogP contribution < -0.4 is 16.0 Å². The highest BCUT2D eigenvalue weighted by Gasteiger charge is 2.32. The molecule has 1 aliphatic heterocycles. The Bertz CT molecular complexity index is 1110. The molecule has 0 spiro atoms. The zero-order valence-corrected chi connectivity index (χ0v) is 17.9. The molecule has 7 heteroatoms. The highest BCUT2D eigenvalue weighted by atomic mass is 16.2. The number of nitrogens with two attached hydrogens (primary N) is 1. The van der Waals surface area contributed by atoms with Crippen molar-refractivity contribution < 1.29 is 14.4 Å². The number of primary amides is 1. The summed E-state index contributed by atoms with van der Waals surface area (Å²) in [5.41, 5.74) is 6.81.